The summed E-state index contributed by atoms with van der Waals surface area (Å²) >= 11 is 0. The number of hydrogen-bond acceptors (Lipinski definition) is 2. The minimum atomic E-state index is -0.546. The van der Waals surface area contributed by atoms with Crippen molar-refractivity contribution in [2.45, 2.75) is 52.1 Å². The van der Waals surface area contributed by atoms with Crippen LogP contribution in [-0.2, 0) is 4.74 Å². The van der Waals surface area contributed by atoms with Gasteiger partial charge in [0.05, 0.1) is 5.69 Å². The van der Waals surface area contributed by atoms with E-state index in [-0.39, 0.29) is 6.09 Å². The van der Waals surface area contributed by atoms with Gasteiger partial charge in [-0.25, -0.2) is 9.69 Å². The van der Waals surface area contributed by atoms with Crippen LogP contribution in [0.1, 0.15) is 52.0 Å². The summed E-state index contributed by atoms with van der Waals surface area (Å²) in [5.74, 6) is 2.66. The van der Waals surface area contributed by atoms with Crippen LogP contribution in [-0.4, -0.2) is 11.7 Å². The number of rotatable bonds is 2. The molecule has 0 atom stereocenters. The van der Waals surface area contributed by atoms with Gasteiger partial charge in [0.2, 0.25) is 0 Å². The molecule has 3 nitrogen and oxygen atoms in total. The molecular weight excluding hydrogens is 274 g/mol. The average molecular weight is 297 g/mol. The summed E-state index contributed by atoms with van der Waals surface area (Å²) in [7, 11) is 0. The van der Waals surface area contributed by atoms with Gasteiger partial charge in [-0.05, 0) is 58.6 Å². The van der Waals surface area contributed by atoms with Crippen LogP contribution in [0.5, 0.6) is 0 Å². The van der Waals surface area contributed by atoms with Gasteiger partial charge >= 0.3 is 6.09 Å². The van der Waals surface area contributed by atoms with Crippen molar-refractivity contribution in [2.75, 3.05) is 4.90 Å². The Hall–Kier alpha value is -2.21. The molecule has 0 fully saturated rings. The monoisotopic (exact) mass is 297 g/mol. The number of amides is 1. The van der Waals surface area contributed by atoms with Crippen LogP contribution in [0.2, 0.25) is 0 Å². The maximum Gasteiger partial charge on any atom is 0.419 e. The quantitative estimate of drug-likeness (QED) is 0.729. The van der Waals surface area contributed by atoms with E-state index in [4.69, 9.17) is 11.2 Å². The Kier molecular flexibility index (Phi) is 4.92. The number of benzene rings is 1. The molecule has 0 spiro atoms. The van der Waals surface area contributed by atoms with Gasteiger partial charge in [-0.3, -0.25) is 0 Å². The minimum absolute atomic E-state index is 0.372. The summed E-state index contributed by atoms with van der Waals surface area (Å²) in [4.78, 5) is 14.4. The molecule has 0 saturated carbocycles. The SMILES string of the molecule is C#Cc1ccccc1N(C(=O)OC(C)(C)C)C1=CCCCC1. The van der Waals surface area contributed by atoms with Crippen molar-refractivity contribution < 1.29 is 9.53 Å². The summed E-state index contributed by atoms with van der Waals surface area (Å²) < 4.78 is 5.58. The lowest BCUT2D eigenvalue weighted by Gasteiger charge is -2.31. The van der Waals surface area contributed by atoms with Crippen molar-refractivity contribution in [3.63, 3.8) is 0 Å². The second-order valence-electron chi connectivity index (χ2n) is 6.42. The smallest absolute Gasteiger partial charge is 0.419 e. The van der Waals surface area contributed by atoms with E-state index in [9.17, 15) is 4.79 Å². The topological polar surface area (TPSA) is 29.5 Å². The largest absolute Gasteiger partial charge is 0.443 e. The number of ether oxygens (including phenoxy) is 1. The van der Waals surface area contributed by atoms with Crippen molar-refractivity contribution in [3.05, 3.63) is 41.6 Å². The van der Waals surface area contributed by atoms with E-state index < -0.39 is 5.60 Å². The fourth-order valence-electron chi connectivity index (χ4n) is 2.49. The van der Waals surface area contributed by atoms with Gasteiger partial charge < -0.3 is 4.74 Å². The van der Waals surface area contributed by atoms with Crippen LogP contribution < -0.4 is 4.90 Å². The third-order valence-electron chi connectivity index (χ3n) is 3.43. The van der Waals surface area contributed by atoms with Gasteiger partial charge in [0, 0.05) is 11.3 Å². The first-order valence-electron chi connectivity index (χ1n) is 7.70. The van der Waals surface area contributed by atoms with Gasteiger partial charge in [-0.1, -0.05) is 24.1 Å². The van der Waals surface area contributed by atoms with Gasteiger partial charge in [-0.2, -0.15) is 0 Å². The fourth-order valence-corrected chi connectivity index (χ4v) is 2.49. The highest BCUT2D eigenvalue weighted by Crippen LogP contribution is 2.30. The second-order valence-corrected chi connectivity index (χ2v) is 6.42. The standard InChI is InChI=1S/C19H23NO2/c1-5-15-11-9-10-14-17(15)20(16-12-7-6-8-13-16)18(21)22-19(2,3)4/h1,9-12,14H,6-8,13H2,2-4H3. The summed E-state index contributed by atoms with van der Waals surface area (Å²) in [5, 5.41) is 0. The second kappa shape index (κ2) is 6.70. The Morgan fingerprint density at radius 3 is 2.59 bits per heavy atom. The third kappa shape index (κ3) is 3.92. The number of carbonyl (C=O) groups excluding carboxylic acids is 1. The molecule has 1 aromatic rings. The van der Waals surface area contributed by atoms with Crippen molar-refractivity contribution in [1.29, 1.82) is 0 Å². The van der Waals surface area contributed by atoms with Crippen LogP contribution in [0.3, 0.4) is 0 Å². The zero-order valence-electron chi connectivity index (χ0n) is 13.6. The summed E-state index contributed by atoms with van der Waals surface area (Å²) in [6.45, 7) is 5.60. The number of para-hydroxylation sites is 1. The Labute approximate surface area is 133 Å². The van der Waals surface area contributed by atoms with Crippen molar-refractivity contribution >= 4 is 11.8 Å². The highest BCUT2D eigenvalue weighted by atomic mass is 16.6. The Balaban J connectivity index is 2.44. The predicted molar refractivity (Wildman–Crippen MR) is 89.6 cm³/mol. The molecule has 0 aromatic heterocycles. The van der Waals surface area contributed by atoms with E-state index in [0.29, 0.717) is 11.3 Å². The lowest BCUT2D eigenvalue weighted by molar-refractivity contribution is 0.0590. The number of carbonyl (C=O) groups is 1. The van der Waals surface area contributed by atoms with Crippen LogP contribution in [0.15, 0.2) is 36.0 Å². The van der Waals surface area contributed by atoms with Gasteiger partial charge in [0.15, 0.2) is 0 Å². The van der Waals surface area contributed by atoms with Gasteiger partial charge in [0.1, 0.15) is 5.60 Å². The maximum atomic E-state index is 12.7. The van der Waals surface area contributed by atoms with Crippen LogP contribution in [0.25, 0.3) is 0 Å². The van der Waals surface area contributed by atoms with Crippen LogP contribution in [0.4, 0.5) is 10.5 Å². The molecule has 0 bridgehead atoms. The number of nitrogens with zero attached hydrogens (tertiary/aromatic N) is 1. The Bertz CT molecular complexity index is 617. The van der Waals surface area contributed by atoms with Crippen molar-refractivity contribution in [2.24, 2.45) is 0 Å². The highest BCUT2D eigenvalue weighted by Gasteiger charge is 2.28. The van der Waals surface area contributed by atoms with E-state index in [1.54, 1.807) is 4.90 Å². The molecule has 0 aliphatic heterocycles. The first-order valence-corrected chi connectivity index (χ1v) is 7.70. The van der Waals surface area contributed by atoms with E-state index in [0.717, 1.165) is 31.4 Å². The molecule has 1 aliphatic rings. The lowest BCUT2D eigenvalue weighted by Crippen LogP contribution is -2.37. The third-order valence-corrected chi connectivity index (χ3v) is 3.43. The molecule has 0 unspecified atom stereocenters. The first-order chi connectivity index (χ1) is 10.4. The van der Waals surface area contributed by atoms with E-state index in [1.807, 2.05) is 45.0 Å². The number of anilines is 1. The minimum Gasteiger partial charge on any atom is -0.443 e. The average Bonchev–Trinajstić information content (AvgIpc) is 2.47. The van der Waals surface area contributed by atoms with Crippen LogP contribution >= 0.6 is 0 Å². The lowest BCUT2D eigenvalue weighted by atomic mass is 10.0. The first kappa shape index (κ1) is 16.2. The molecule has 22 heavy (non-hydrogen) atoms. The molecule has 1 aliphatic carbocycles. The number of terminal acetylenes is 1. The molecule has 0 heterocycles. The number of allylic oxidation sites excluding steroid dienone is 2. The summed E-state index contributed by atoms with van der Waals surface area (Å²) in [5.41, 5.74) is 1.84. The molecule has 2 rings (SSSR count). The Morgan fingerprint density at radius 2 is 2.00 bits per heavy atom. The molecule has 0 N–H and O–H groups in total. The number of hydrogen-bond donors (Lipinski definition) is 0. The fraction of sp³-hybridized carbons (Fsp3) is 0.421. The normalized spacial score (nSPS) is 14.7. The zero-order chi connectivity index (χ0) is 16.2. The van der Waals surface area contributed by atoms with E-state index in [1.165, 1.54) is 0 Å². The van der Waals surface area contributed by atoms with Crippen LogP contribution in [0, 0.1) is 12.3 Å². The van der Waals surface area contributed by atoms with E-state index >= 15 is 0 Å². The molecule has 0 radical (unpaired) electrons. The molecule has 116 valence electrons. The molecular formula is C19H23NO2. The molecule has 0 saturated heterocycles. The maximum absolute atomic E-state index is 12.7. The summed E-state index contributed by atoms with van der Waals surface area (Å²) in [6, 6.07) is 7.47. The highest BCUT2D eigenvalue weighted by molar-refractivity contribution is 5.93. The van der Waals surface area contributed by atoms with Crippen molar-refractivity contribution in [3.8, 4) is 12.3 Å². The Morgan fingerprint density at radius 1 is 1.27 bits per heavy atom. The predicted octanol–water partition coefficient (Wildman–Crippen LogP) is 4.87. The molecule has 1 amide bonds. The molecule has 1 aromatic carbocycles. The van der Waals surface area contributed by atoms with Gasteiger partial charge in [-0.15, -0.1) is 6.42 Å². The summed E-state index contributed by atoms with van der Waals surface area (Å²) in [6.07, 6.45) is 11.4. The van der Waals surface area contributed by atoms with Crippen molar-refractivity contribution in [1.82, 2.24) is 0 Å². The van der Waals surface area contributed by atoms with E-state index in [2.05, 4.69) is 12.0 Å². The molecule has 3 heteroatoms. The van der Waals surface area contributed by atoms with Gasteiger partial charge in [0.25, 0.3) is 0 Å². The zero-order valence-corrected chi connectivity index (χ0v) is 13.6.